The maximum atomic E-state index is 13.5. The Hall–Kier alpha value is -1.71. The first-order valence-corrected chi connectivity index (χ1v) is 7.38. The second-order valence-electron chi connectivity index (χ2n) is 4.69. The van der Waals surface area contributed by atoms with Gasteiger partial charge in [0.25, 0.3) is 0 Å². The molecule has 2 radical (unpaired) electrons. The van der Waals surface area contributed by atoms with Crippen LogP contribution >= 0.6 is 0 Å². The highest BCUT2D eigenvalue weighted by molar-refractivity contribution is 6.32. The van der Waals surface area contributed by atoms with Gasteiger partial charge in [-0.05, 0) is 13.3 Å². The predicted octanol–water partition coefficient (Wildman–Crippen LogP) is 3.62. The average Bonchev–Trinajstić information content (AvgIpc) is 2.63. The maximum absolute atomic E-state index is 13.5. The number of fused-ring (bicyclic) bond motifs is 1. The van der Waals surface area contributed by atoms with E-state index in [1.165, 1.54) is 11.6 Å². The van der Waals surface area contributed by atoms with Crippen LogP contribution in [-0.2, 0) is 0 Å². The summed E-state index contributed by atoms with van der Waals surface area (Å²) < 4.78 is 19.0. The maximum Gasteiger partial charge on any atom is 0.131 e. The molecule has 1 aromatic rings. The SMILES string of the molecule is CC.[B]c1cc2c(cc1F)OCCN(/C=C(\C)CC)C2=C. The van der Waals surface area contributed by atoms with Crippen LogP contribution in [0.5, 0.6) is 5.75 Å². The van der Waals surface area contributed by atoms with Gasteiger partial charge >= 0.3 is 0 Å². The number of ether oxygens (including phenoxy) is 1. The van der Waals surface area contributed by atoms with Crippen LogP contribution in [0.15, 0.2) is 30.5 Å². The molecule has 1 aromatic carbocycles. The Morgan fingerprint density at radius 1 is 1.48 bits per heavy atom. The zero-order valence-corrected chi connectivity index (χ0v) is 13.4. The summed E-state index contributed by atoms with van der Waals surface area (Å²) in [7, 11) is 5.62. The summed E-state index contributed by atoms with van der Waals surface area (Å²) in [6.45, 7) is 13.4. The van der Waals surface area contributed by atoms with Crippen LogP contribution in [0.25, 0.3) is 5.70 Å². The van der Waals surface area contributed by atoms with Crippen molar-refractivity contribution in [1.82, 2.24) is 4.90 Å². The fourth-order valence-corrected chi connectivity index (χ4v) is 1.96. The number of hydrogen-bond donors (Lipinski definition) is 0. The molecule has 21 heavy (non-hydrogen) atoms. The van der Waals surface area contributed by atoms with E-state index in [1.807, 2.05) is 18.7 Å². The minimum absolute atomic E-state index is 0.113. The summed E-state index contributed by atoms with van der Waals surface area (Å²) in [6.07, 6.45) is 3.03. The van der Waals surface area contributed by atoms with Crippen molar-refractivity contribution in [3.63, 3.8) is 0 Å². The van der Waals surface area contributed by atoms with E-state index in [9.17, 15) is 4.39 Å². The molecule has 0 saturated heterocycles. The minimum atomic E-state index is -0.458. The lowest BCUT2D eigenvalue weighted by atomic mass is 9.92. The molecular weight excluding hydrogens is 264 g/mol. The summed E-state index contributed by atoms with van der Waals surface area (Å²) in [5, 5.41) is 0. The highest BCUT2D eigenvalue weighted by Crippen LogP contribution is 2.30. The van der Waals surface area contributed by atoms with E-state index in [-0.39, 0.29) is 5.46 Å². The zero-order chi connectivity index (χ0) is 16.0. The molecule has 112 valence electrons. The van der Waals surface area contributed by atoms with Crippen LogP contribution in [0.4, 0.5) is 4.39 Å². The Morgan fingerprint density at radius 2 is 2.14 bits per heavy atom. The molecule has 0 bridgehead atoms. The predicted molar refractivity (Wildman–Crippen MR) is 88.4 cm³/mol. The summed E-state index contributed by atoms with van der Waals surface area (Å²) >= 11 is 0. The van der Waals surface area contributed by atoms with Gasteiger partial charge in [0.1, 0.15) is 26.0 Å². The number of halogens is 1. The van der Waals surface area contributed by atoms with E-state index in [2.05, 4.69) is 26.6 Å². The van der Waals surface area contributed by atoms with E-state index in [0.717, 1.165) is 17.7 Å². The van der Waals surface area contributed by atoms with Gasteiger partial charge < -0.3 is 9.64 Å². The lowest BCUT2D eigenvalue weighted by Gasteiger charge is -2.21. The van der Waals surface area contributed by atoms with Gasteiger partial charge in [-0.25, -0.2) is 4.39 Å². The Bertz CT molecular complexity index is 540. The van der Waals surface area contributed by atoms with Crippen LogP contribution < -0.4 is 10.2 Å². The molecule has 1 heterocycles. The zero-order valence-electron chi connectivity index (χ0n) is 13.4. The Morgan fingerprint density at radius 3 is 2.76 bits per heavy atom. The molecule has 0 aromatic heterocycles. The smallest absolute Gasteiger partial charge is 0.131 e. The largest absolute Gasteiger partial charge is 0.491 e. The van der Waals surface area contributed by atoms with E-state index < -0.39 is 5.82 Å². The molecule has 0 N–H and O–H groups in total. The van der Waals surface area contributed by atoms with E-state index >= 15 is 0 Å². The van der Waals surface area contributed by atoms with Crippen LogP contribution in [0.2, 0.25) is 0 Å². The van der Waals surface area contributed by atoms with Gasteiger partial charge in [-0.3, -0.25) is 0 Å². The first-order valence-electron chi connectivity index (χ1n) is 7.38. The van der Waals surface area contributed by atoms with Crippen LogP contribution in [-0.4, -0.2) is 25.9 Å². The molecule has 0 atom stereocenters. The minimum Gasteiger partial charge on any atom is -0.491 e. The second kappa shape index (κ2) is 7.91. The number of benzene rings is 1. The van der Waals surface area contributed by atoms with Gasteiger partial charge in [0.15, 0.2) is 0 Å². The molecule has 0 unspecified atom stereocenters. The van der Waals surface area contributed by atoms with Crippen molar-refractivity contribution < 1.29 is 9.13 Å². The van der Waals surface area contributed by atoms with Crippen LogP contribution in [0, 0.1) is 5.82 Å². The van der Waals surface area contributed by atoms with Crippen molar-refractivity contribution in [2.45, 2.75) is 34.1 Å². The number of hydrogen-bond acceptors (Lipinski definition) is 2. The molecule has 2 rings (SSSR count). The lowest BCUT2D eigenvalue weighted by molar-refractivity contribution is 0.298. The van der Waals surface area contributed by atoms with E-state index in [4.69, 9.17) is 12.6 Å². The van der Waals surface area contributed by atoms with Gasteiger partial charge in [-0.15, -0.1) is 0 Å². The number of rotatable bonds is 2. The quantitative estimate of drug-likeness (QED) is 0.770. The molecule has 0 fully saturated rings. The monoisotopic (exact) mass is 287 g/mol. The van der Waals surface area contributed by atoms with Crippen molar-refractivity contribution in [3.8, 4) is 5.75 Å². The topological polar surface area (TPSA) is 12.5 Å². The molecule has 0 amide bonds. The Balaban J connectivity index is 0.00000106. The lowest BCUT2D eigenvalue weighted by Crippen LogP contribution is -2.19. The van der Waals surface area contributed by atoms with Crippen LogP contribution in [0.1, 0.15) is 39.7 Å². The Labute approximate surface area is 128 Å². The van der Waals surface area contributed by atoms with E-state index in [1.54, 1.807) is 6.07 Å². The molecule has 0 aliphatic carbocycles. The average molecular weight is 287 g/mol. The summed E-state index contributed by atoms with van der Waals surface area (Å²) in [5.74, 6) is 0.0435. The second-order valence-corrected chi connectivity index (χ2v) is 4.69. The molecule has 1 aliphatic rings. The summed E-state index contributed by atoms with van der Waals surface area (Å²) in [6, 6.07) is 2.91. The highest BCUT2D eigenvalue weighted by atomic mass is 19.1. The fourth-order valence-electron chi connectivity index (χ4n) is 1.96. The third-order valence-electron chi connectivity index (χ3n) is 3.28. The number of allylic oxidation sites excluding steroid dienone is 1. The van der Waals surface area contributed by atoms with Crippen molar-refractivity contribution in [2.24, 2.45) is 0 Å². The van der Waals surface area contributed by atoms with Gasteiger partial charge in [0.05, 0.1) is 6.54 Å². The van der Waals surface area contributed by atoms with Crippen molar-refractivity contribution in [2.75, 3.05) is 13.2 Å². The first kappa shape index (κ1) is 17.3. The molecular formula is C17H23BFNO. The fraction of sp³-hybridized carbons (Fsp3) is 0.412. The standard InChI is InChI=1S/C15H17BFNO.C2H6/c1-4-10(2)9-18-5-6-19-15-8-14(17)13(16)7-12(15)11(18)3;1-2/h7-9H,3-6H2,1-2H3;1-2H3/b10-9+;. The van der Waals surface area contributed by atoms with Crippen molar-refractivity contribution >= 4 is 19.0 Å². The first-order chi connectivity index (χ1) is 10.0. The van der Waals surface area contributed by atoms with Crippen LogP contribution in [0.3, 0.4) is 0 Å². The molecule has 2 nitrogen and oxygen atoms in total. The highest BCUT2D eigenvalue weighted by Gasteiger charge is 2.19. The van der Waals surface area contributed by atoms with Gasteiger partial charge in [0, 0.05) is 23.5 Å². The molecule has 1 aliphatic heterocycles. The normalized spacial score (nSPS) is 14.6. The molecule has 4 heteroatoms. The van der Waals surface area contributed by atoms with E-state index in [0.29, 0.717) is 18.9 Å². The molecule has 0 saturated carbocycles. The van der Waals surface area contributed by atoms with Crippen molar-refractivity contribution in [3.05, 3.63) is 41.9 Å². The number of nitrogens with zero attached hydrogens (tertiary/aromatic N) is 1. The third kappa shape index (κ3) is 4.13. The Kier molecular flexibility index (Phi) is 6.54. The molecule has 0 spiro atoms. The summed E-state index contributed by atoms with van der Waals surface area (Å²) in [5.41, 5.74) is 2.89. The summed E-state index contributed by atoms with van der Waals surface area (Å²) in [4.78, 5) is 2.03. The van der Waals surface area contributed by atoms with Gasteiger partial charge in [-0.1, -0.05) is 44.5 Å². The van der Waals surface area contributed by atoms with Gasteiger partial charge in [-0.2, -0.15) is 0 Å². The van der Waals surface area contributed by atoms with Gasteiger partial charge in [0.2, 0.25) is 0 Å². The van der Waals surface area contributed by atoms with Crippen molar-refractivity contribution in [1.29, 1.82) is 0 Å². The third-order valence-corrected chi connectivity index (χ3v) is 3.28.